The Morgan fingerprint density at radius 3 is 2.75 bits per heavy atom. The molecular weight excluding hydrogens is 488 g/mol. The molecule has 4 atom stereocenters. The van der Waals surface area contributed by atoms with Crippen molar-refractivity contribution in [3.8, 4) is 0 Å². The van der Waals surface area contributed by atoms with Crippen LogP contribution in [0.3, 0.4) is 0 Å². The van der Waals surface area contributed by atoms with Crippen LogP contribution in [0.2, 0.25) is 0 Å². The molecule has 36 heavy (non-hydrogen) atoms. The predicted molar refractivity (Wildman–Crippen MR) is 135 cm³/mol. The number of carbonyl (C=O) groups excluding carboxylic acids is 1. The Labute approximate surface area is 211 Å². The zero-order valence-electron chi connectivity index (χ0n) is 20.6. The molecule has 0 spiro atoms. The smallest absolute Gasteiger partial charge is 0.450 e. The first-order valence-corrected chi connectivity index (χ1v) is 13.6. The molecule has 0 saturated carbocycles. The highest BCUT2D eigenvalue weighted by atomic mass is 32.2. The zero-order chi connectivity index (χ0) is 26.5. The van der Waals surface area contributed by atoms with Crippen LogP contribution in [0, 0.1) is 11.8 Å². The summed E-state index contributed by atoms with van der Waals surface area (Å²) in [5.74, 6) is -0.136. The quantitative estimate of drug-likeness (QED) is 0.137. The Morgan fingerprint density at radius 1 is 1.31 bits per heavy atom. The number of rotatable bonds is 9. The van der Waals surface area contributed by atoms with Gasteiger partial charge in [-0.2, -0.15) is 4.72 Å². The third kappa shape index (κ3) is 7.00. The van der Waals surface area contributed by atoms with Crippen molar-refractivity contribution in [1.29, 1.82) is 0 Å². The van der Waals surface area contributed by atoms with Gasteiger partial charge in [0, 0.05) is 26.1 Å². The number of likely N-dealkylation sites (tertiary alicyclic amines) is 1. The summed E-state index contributed by atoms with van der Waals surface area (Å²) in [5, 5.41) is 12.4. The summed E-state index contributed by atoms with van der Waals surface area (Å²) in [5.41, 5.74) is 12.2. The Balaban J connectivity index is 1.87. The highest BCUT2D eigenvalue weighted by Gasteiger charge is 2.38. The number of aliphatic imine (C=N–C) groups is 1. The van der Waals surface area contributed by atoms with Crippen LogP contribution < -0.4 is 21.5 Å². The van der Waals surface area contributed by atoms with E-state index < -0.39 is 34.4 Å². The van der Waals surface area contributed by atoms with E-state index >= 15 is 0 Å². The fraction of sp³-hybridized carbons (Fsp3) is 0.609. The molecule has 1 aromatic rings. The summed E-state index contributed by atoms with van der Waals surface area (Å²) >= 11 is 0. The number of para-hydroxylation sites is 1. The molecule has 0 bridgehead atoms. The van der Waals surface area contributed by atoms with Crippen molar-refractivity contribution in [2.75, 3.05) is 25.0 Å². The number of carboxylic acid groups (broad SMARTS) is 1. The van der Waals surface area contributed by atoms with Crippen LogP contribution in [-0.4, -0.2) is 68.4 Å². The van der Waals surface area contributed by atoms with E-state index in [1.54, 1.807) is 6.07 Å². The lowest BCUT2D eigenvalue weighted by Gasteiger charge is -2.38. The number of benzene rings is 1. The lowest BCUT2D eigenvalue weighted by molar-refractivity contribution is -0.149. The van der Waals surface area contributed by atoms with Gasteiger partial charge in [0.1, 0.15) is 10.9 Å². The fourth-order valence-corrected chi connectivity index (χ4v) is 6.11. The van der Waals surface area contributed by atoms with Gasteiger partial charge in [0.2, 0.25) is 15.9 Å². The number of ether oxygens (including phenoxy) is 1. The molecule has 13 heteroatoms. The summed E-state index contributed by atoms with van der Waals surface area (Å²) in [7, 11) is -4.11. The van der Waals surface area contributed by atoms with Crippen LogP contribution in [0.25, 0.3) is 0 Å². The molecule has 2 aliphatic heterocycles. The molecule has 12 nitrogen and oxygen atoms in total. The Hall–Kier alpha value is -3.06. The van der Waals surface area contributed by atoms with E-state index in [2.05, 4.69) is 22.0 Å². The molecular formula is C23H36N6O6S. The second-order valence-corrected chi connectivity index (χ2v) is 11.3. The summed E-state index contributed by atoms with van der Waals surface area (Å²) < 4.78 is 34.6. The maximum atomic E-state index is 13.6. The Morgan fingerprint density at radius 2 is 2.06 bits per heavy atom. The monoisotopic (exact) mass is 524 g/mol. The SMILES string of the molecule is CC1CNc2c(cccc2S(=O)(=O)NC(CCCN=C(N)N)C(=O)N2CCC(C)CC2OC(=O)O)C1. The molecule has 4 unspecified atom stereocenters. The number of piperidine rings is 1. The van der Waals surface area contributed by atoms with Gasteiger partial charge in [-0.3, -0.25) is 9.79 Å². The van der Waals surface area contributed by atoms with Crippen LogP contribution in [0.1, 0.15) is 45.1 Å². The van der Waals surface area contributed by atoms with E-state index in [0.717, 1.165) is 12.0 Å². The van der Waals surface area contributed by atoms with Crippen molar-refractivity contribution >= 4 is 33.7 Å². The summed E-state index contributed by atoms with van der Waals surface area (Å²) in [6.45, 7) is 5.13. The second kappa shape index (κ2) is 11.8. The van der Waals surface area contributed by atoms with Crippen molar-refractivity contribution in [3.05, 3.63) is 23.8 Å². The van der Waals surface area contributed by atoms with Crippen molar-refractivity contribution in [1.82, 2.24) is 9.62 Å². The van der Waals surface area contributed by atoms with Gasteiger partial charge in [-0.25, -0.2) is 13.2 Å². The molecule has 3 rings (SSSR count). The number of amides is 1. The van der Waals surface area contributed by atoms with E-state index in [1.807, 2.05) is 13.0 Å². The molecule has 0 radical (unpaired) electrons. The second-order valence-electron chi connectivity index (χ2n) is 9.60. The predicted octanol–water partition coefficient (Wildman–Crippen LogP) is 1.27. The number of hydrogen-bond donors (Lipinski definition) is 5. The average Bonchev–Trinajstić information content (AvgIpc) is 2.79. The molecule has 1 saturated heterocycles. The van der Waals surface area contributed by atoms with Crippen molar-refractivity contribution in [2.45, 2.75) is 63.1 Å². The van der Waals surface area contributed by atoms with Gasteiger partial charge in [0.05, 0.1) is 5.69 Å². The molecule has 1 fully saturated rings. The number of sulfonamides is 1. The zero-order valence-corrected chi connectivity index (χ0v) is 21.5. The first-order valence-electron chi connectivity index (χ1n) is 12.1. The Kier molecular flexibility index (Phi) is 9.01. The number of nitrogens with two attached hydrogens (primary N) is 2. The standard InChI is InChI=1S/C23H36N6O6S/c1-14-8-10-29(19(12-14)35-23(31)32)21(30)17(6-4-9-26-22(24)25)28-36(33,34)18-7-3-5-16-11-15(2)13-27-20(16)18/h3,5,7,14-15,17,19,27-28H,4,6,8-13H2,1-2H3,(H,31,32)(H4,24,25,26). The minimum Gasteiger partial charge on any atom is -0.450 e. The fourth-order valence-electron chi connectivity index (χ4n) is 4.66. The summed E-state index contributed by atoms with van der Waals surface area (Å²) in [4.78, 5) is 30.1. The third-order valence-corrected chi connectivity index (χ3v) is 7.99. The first kappa shape index (κ1) is 27.5. The van der Waals surface area contributed by atoms with Crippen LogP contribution in [0.4, 0.5) is 10.5 Å². The van der Waals surface area contributed by atoms with Gasteiger partial charge in [0.15, 0.2) is 12.2 Å². The van der Waals surface area contributed by atoms with E-state index in [0.29, 0.717) is 37.4 Å². The minimum absolute atomic E-state index is 0.0690. The number of nitrogens with one attached hydrogen (secondary N) is 2. The summed E-state index contributed by atoms with van der Waals surface area (Å²) in [6.07, 6.45) is -0.322. The number of nitrogens with zero attached hydrogens (tertiary/aromatic N) is 2. The van der Waals surface area contributed by atoms with E-state index in [1.165, 1.54) is 11.0 Å². The van der Waals surface area contributed by atoms with Crippen LogP contribution in [0.5, 0.6) is 0 Å². The highest BCUT2D eigenvalue weighted by molar-refractivity contribution is 7.89. The largest absolute Gasteiger partial charge is 0.507 e. The topological polar surface area (TPSA) is 189 Å². The van der Waals surface area contributed by atoms with Gasteiger partial charge < -0.3 is 31.5 Å². The van der Waals surface area contributed by atoms with Gasteiger partial charge >= 0.3 is 6.16 Å². The van der Waals surface area contributed by atoms with Gasteiger partial charge in [0.25, 0.3) is 0 Å². The number of anilines is 1. The van der Waals surface area contributed by atoms with Crippen LogP contribution in [0.15, 0.2) is 28.1 Å². The normalized spacial score (nSPS) is 22.6. The molecule has 2 heterocycles. The number of hydrogen-bond acceptors (Lipinski definition) is 7. The maximum Gasteiger partial charge on any atom is 0.507 e. The molecule has 0 aromatic heterocycles. The van der Waals surface area contributed by atoms with Crippen molar-refractivity contribution in [2.24, 2.45) is 28.3 Å². The number of guanidine groups is 1. The molecule has 200 valence electrons. The third-order valence-electron chi connectivity index (χ3n) is 6.47. The Bertz CT molecular complexity index is 1090. The molecule has 2 aliphatic rings. The van der Waals surface area contributed by atoms with Gasteiger partial charge in [-0.15, -0.1) is 0 Å². The lowest BCUT2D eigenvalue weighted by atomic mass is 9.96. The molecule has 7 N–H and O–H groups in total. The van der Waals surface area contributed by atoms with Crippen molar-refractivity contribution in [3.63, 3.8) is 0 Å². The number of fused-ring (bicyclic) bond motifs is 1. The lowest BCUT2D eigenvalue weighted by Crippen LogP contribution is -2.55. The van der Waals surface area contributed by atoms with Crippen LogP contribution >= 0.6 is 0 Å². The van der Waals surface area contributed by atoms with Crippen LogP contribution in [-0.2, 0) is 26.0 Å². The minimum atomic E-state index is -4.11. The molecule has 1 aromatic carbocycles. The van der Waals surface area contributed by atoms with E-state index in [-0.39, 0.29) is 36.3 Å². The summed E-state index contributed by atoms with van der Waals surface area (Å²) in [6, 6.07) is 3.92. The highest BCUT2D eigenvalue weighted by Crippen LogP contribution is 2.32. The van der Waals surface area contributed by atoms with E-state index in [4.69, 9.17) is 21.3 Å². The van der Waals surface area contributed by atoms with Crippen molar-refractivity contribution < 1.29 is 27.9 Å². The first-order chi connectivity index (χ1) is 17.0. The number of carbonyl (C=O) groups is 2. The molecule has 1 amide bonds. The van der Waals surface area contributed by atoms with Gasteiger partial charge in [-0.05, 0) is 49.1 Å². The van der Waals surface area contributed by atoms with E-state index in [9.17, 15) is 18.0 Å². The molecule has 0 aliphatic carbocycles. The average molecular weight is 525 g/mol. The maximum absolute atomic E-state index is 13.6. The van der Waals surface area contributed by atoms with Gasteiger partial charge in [-0.1, -0.05) is 26.0 Å².